The van der Waals surface area contributed by atoms with Crippen molar-refractivity contribution in [2.45, 2.75) is 63.7 Å². The molecule has 0 aromatic carbocycles. The molecule has 5 unspecified atom stereocenters. The molecule has 0 heterocycles. The van der Waals surface area contributed by atoms with Crippen LogP contribution in [0, 0.1) is 5.92 Å². The SMILES string of the molecule is CCC(C)C(N)C(=O)NC(CC(=O)O)C(=O)NC(CCC(N)=O)C(=O)NC(CO)C(=O)O. The molecule has 14 heteroatoms. The second-order valence-corrected chi connectivity index (χ2v) is 7.22. The number of rotatable bonds is 15. The van der Waals surface area contributed by atoms with Crippen LogP contribution in [0.2, 0.25) is 0 Å². The average molecular weight is 461 g/mol. The Hall–Kier alpha value is -3.26. The number of aliphatic hydroxyl groups excluding tert-OH is 1. The second-order valence-electron chi connectivity index (χ2n) is 7.22. The predicted molar refractivity (Wildman–Crippen MR) is 109 cm³/mol. The minimum atomic E-state index is -1.68. The Labute approximate surface area is 184 Å². The van der Waals surface area contributed by atoms with E-state index < -0.39 is 72.8 Å². The Balaban J connectivity index is 5.54. The molecule has 0 aromatic rings. The molecule has 0 aromatic heterocycles. The summed E-state index contributed by atoms with van der Waals surface area (Å²) in [6, 6.07) is -5.80. The number of amides is 4. The highest BCUT2D eigenvalue weighted by Crippen LogP contribution is 2.07. The zero-order valence-electron chi connectivity index (χ0n) is 17.9. The molecular formula is C18H31N5O9. The Morgan fingerprint density at radius 3 is 1.81 bits per heavy atom. The maximum atomic E-state index is 12.6. The normalized spacial score (nSPS) is 15.4. The number of hydrogen-bond acceptors (Lipinski definition) is 8. The lowest BCUT2D eigenvalue weighted by Gasteiger charge is -2.25. The minimum Gasteiger partial charge on any atom is -0.481 e. The molecule has 10 N–H and O–H groups in total. The molecule has 0 saturated carbocycles. The van der Waals surface area contributed by atoms with Crippen molar-refractivity contribution in [1.29, 1.82) is 0 Å². The molecule has 0 saturated heterocycles. The molecule has 0 fully saturated rings. The Morgan fingerprint density at radius 2 is 1.38 bits per heavy atom. The van der Waals surface area contributed by atoms with E-state index in [1.54, 1.807) is 13.8 Å². The minimum absolute atomic E-state index is 0.260. The van der Waals surface area contributed by atoms with Crippen molar-refractivity contribution < 1.29 is 44.1 Å². The van der Waals surface area contributed by atoms with Gasteiger partial charge in [0.1, 0.15) is 18.1 Å². The third kappa shape index (κ3) is 10.2. The first-order chi connectivity index (χ1) is 14.8. The van der Waals surface area contributed by atoms with Crippen LogP contribution in [0.5, 0.6) is 0 Å². The number of nitrogens with one attached hydrogen (secondary N) is 3. The van der Waals surface area contributed by atoms with Gasteiger partial charge in [-0.05, 0) is 12.3 Å². The highest BCUT2D eigenvalue weighted by molar-refractivity contribution is 5.95. The van der Waals surface area contributed by atoms with Gasteiger partial charge in [-0.3, -0.25) is 24.0 Å². The molecule has 5 atom stereocenters. The Bertz CT molecular complexity index is 715. The number of carbonyl (C=O) groups excluding carboxylic acids is 4. The van der Waals surface area contributed by atoms with Crippen LogP contribution >= 0.6 is 0 Å². The van der Waals surface area contributed by atoms with Crippen LogP contribution in [-0.2, 0) is 28.8 Å². The van der Waals surface area contributed by atoms with E-state index in [1.807, 2.05) is 5.32 Å². The Morgan fingerprint density at radius 1 is 0.875 bits per heavy atom. The molecule has 0 bridgehead atoms. The van der Waals surface area contributed by atoms with E-state index in [9.17, 15) is 28.8 Å². The van der Waals surface area contributed by atoms with Gasteiger partial charge in [0.15, 0.2) is 0 Å². The van der Waals surface area contributed by atoms with Crippen LogP contribution in [0.3, 0.4) is 0 Å². The van der Waals surface area contributed by atoms with Crippen LogP contribution in [0.1, 0.15) is 39.5 Å². The van der Waals surface area contributed by atoms with Gasteiger partial charge < -0.3 is 42.7 Å². The van der Waals surface area contributed by atoms with E-state index in [-0.39, 0.29) is 18.8 Å². The number of primary amides is 1. The lowest BCUT2D eigenvalue weighted by molar-refractivity contribution is -0.144. The summed E-state index contributed by atoms with van der Waals surface area (Å²) in [4.78, 5) is 70.6. The van der Waals surface area contributed by atoms with Crippen molar-refractivity contribution >= 4 is 35.6 Å². The smallest absolute Gasteiger partial charge is 0.328 e. The van der Waals surface area contributed by atoms with Crippen LogP contribution in [0.15, 0.2) is 0 Å². The number of carboxylic acids is 2. The summed E-state index contributed by atoms with van der Waals surface area (Å²) in [5, 5.41) is 33.5. The van der Waals surface area contributed by atoms with Gasteiger partial charge in [0.05, 0.1) is 19.1 Å². The van der Waals surface area contributed by atoms with Crippen LogP contribution < -0.4 is 27.4 Å². The molecule has 182 valence electrons. The van der Waals surface area contributed by atoms with Gasteiger partial charge in [-0.2, -0.15) is 0 Å². The van der Waals surface area contributed by atoms with Gasteiger partial charge >= 0.3 is 11.9 Å². The Kier molecular flexibility index (Phi) is 12.5. The number of hydrogen-bond donors (Lipinski definition) is 8. The summed E-state index contributed by atoms with van der Waals surface area (Å²) in [7, 11) is 0. The zero-order chi connectivity index (χ0) is 25.0. The van der Waals surface area contributed by atoms with Crippen molar-refractivity contribution in [3.8, 4) is 0 Å². The summed E-state index contributed by atoms with van der Waals surface area (Å²) in [5.74, 6) is -6.95. The van der Waals surface area contributed by atoms with E-state index >= 15 is 0 Å². The third-order valence-electron chi connectivity index (χ3n) is 4.68. The zero-order valence-corrected chi connectivity index (χ0v) is 17.9. The summed E-state index contributed by atoms with van der Waals surface area (Å²) in [6.45, 7) is 2.54. The van der Waals surface area contributed by atoms with Crippen molar-refractivity contribution in [1.82, 2.24) is 16.0 Å². The molecule has 14 nitrogen and oxygen atoms in total. The van der Waals surface area contributed by atoms with Crippen molar-refractivity contribution in [3.05, 3.63) is 0 Å². The van der Waals surface area contributed by atoms with Gasteiger partial charge in [0.2, 0.25) is 23.6 Å². The molecule has 0 rings (SSSR count). The fraction of sp³-hybridized carbons (Fsp3) is 0.667. The molecule has 0 aliphatic rings. The van der Waals surface area contributed by atoms with E-state index in [1.165, 1.54) is 0 Å². The number of aliphatic carboxylic acids is 2. The molecular weight excluding hydrogens is 430 g/mol. The molecule has 0 radical (unpaired) electrons. The number of nitrogens with two attached hydrogens (primary N) is 2. The number of aliphatic hydroxyl groups is 1. The molecule has 32 heavy (non-hydrogen) atoms. The average Bonchev–Trinajstić information content (AvgIpc) is 2.71. The number of carbonyl (C=O) groups is 6. The van der Waals surface area contributed by atoms with Crippen molar-refractivity contribution in [3.63, 3.8) is 0 Å². The maximum Gasteiger partial charge on any atom is 0.328 e. The first-order valence-electron chi connectivity index (χ1n) is 9.84. The monoisotopic (exact) mass is 461 g/mol. The fourth-order valence-corrected chi connectivity index (χ4v) is 2.45. The van der Waals surface area contributed by atoms with E-state index in [4.69, 9.17) is 26.8 Å². The summed E-state index contributed by atoms with van der Waals surface area (Å²) in [6.07, 6.45) is -0.992. The third-order valence-corrected chi connectivity index (χ3v) is 4.68. The quantitative estimate of drug-likeness (QED) is 0.120. The molecule has 0 aliphatic carbocycles. The van der Waals surface area contributed by atoms with Gasteiger partial charge in [0, 0.05) is 6.42 Å². The highest BCUT2D eigenvalue weighted by Gasteiger charge is 2.32. The lowest BCUT2D eigenvalue weighted by Crippen LogP contribution is -2.58. The molecule has 0 spiro atoms. The molecule has 0 aliphatic heterocycles. The van der Waals surface area contributed by atoms with Crippen LogP contribution in [0.25, 0.3) is 0 Å². The van der Waals surface area contributed by atoms with Crippen LogP contribution in [0.4, 0.5) is 0 Å². The van der Waals surface area contributed by atoms with Crippen molar-refractivity contribution in [2.24, 2.45) is 17.4 Å². The number of carboxylic acid groups (broad SMARTS) is 2. The lowest BCUT2D eigenvalue weighted by atomic mass is 9.99. The largest absolute Gasteiger partial charge is 0.481 e. The fourth-order valence-electron chi connectivity index (χ4n) is 2.45. The predicted octanol–water partition coefficient (Wildman–Crippen LogP) is -3.37. The summed E-state index contributed by atoms with van der Waals surface area (Å²) < 4.78 is 0. The maximum absolute atomic E-state index is 12.6. The van der Waals surface area contributed by atoms with Crippen molar-refractivity contribution in [2.75, 3.05) is 6.61 Å². The highest BCUT2D eigenvalue weighted by atomic mass is 16.4. The van der Waals surface area contributed by atoms with Gasteiger partial charge in [-0.1, -0.05) is 20.3 Å². The second kappa shape index (κ2) is 13.9. The standard InChI is InChI=1S/C18H31N5O9/c1-3-8(2)14(20)17(30)22-10(6-13(26)27)16(29)21-9(4-5-12(19)25)15(28)23-11(7-24)18(31)32/h8-11,14,24H,3-7,20H2,1-2H3,(H2,19,25)(H,21,29)(H,22,30)(H,23,28)(H,26,27)(H,31,32). The van der Waals surface area contributed by atoms with Crippen LogP contribution in [-0.4, -0.2) is 81.7 Å². The first kappa shape index (κ1) is 28.7. The summed E-state index contributed by atoms with van der Waals surface area (Å²) >= 11 is 0. The summed E-state index contributed by atoms with van der Waals surface area (Å²) in [5.41, 5.74) is 10.8. The first-order valence-corrected chi connectivity index (χ1v) is 9.84. The topological polar surface area (TPSA) is 251 Å². The van der Waals surface area contributed by atoms with Gasteiger partial charge in [-0.15, -0.1) is 0 Å². The van der Waals surface area contributed by atoms with Gasteiger partial charge in [-0.25, -0.2) is 4.79 Å². The van der Waals surface area contributed by atoms with E-state index in [0.29, 0.717) is 6.42 Å². The molecule has 4 amide bonds. The van der Waals surface area contributed by atoms with E-state index in [2.05, 4.69) is 10.6 Å². The van der Waals surface area contributed by atoms with E-state index in [0.717, 1.165) is 0 Å². The van der Waals surface area contributed by atoms with Gasteiger partial charge in [0.25, 0.3) is 0 Å².